The minimum absolute atomic E-state index is 0.915. The summed E-state index contributed by atoms with van der Waals surface area (Å²) >= 11 is 0. The van der Waals surface area contributed by atoms with E-state index in [1.165, 1.54) is 0 Å². The number of hydrogen-bond acceptors (Lipinski definition) is 2. The second-order valence-corrected chi connectivity index (χ2v) is 0.612. The molecular formula is HNO2Si-. The van der Waals surface area contributed by atoms with Crippen LogP contribution in [0.2, 0.25) is 0 Å². The maximum absolute atomic E-state index is 8.90. The molecule has 4 heavy (non-hydrogen) atoms. The first-order valence-corrected chi connectivity index (χ1v) is 1.57. The molecule has 0 unspecified atom stereocenters. The van der Waals surface area contributed by atoms with Gasteiger partial charge in [0.25, 0.3) is 0 Å². The van der Waals surface area contributed by atoms with E-state index in [4.69, 9.17) is 9.67 Å². The average Bonchev–Trinajstić information content (AvgIpc) is 1.37. The number of rotatable bonds is 1. The zero-order valence-corrected chi connectivity index (χ0v) is 2.82. The lowest BCUT2D eigenvalue weighted by atomic mass is 13.5. The molecule has 0 aromatic carbocycles. The number of hydrogen-bond donors (Lipinski definition) is 1. The fourth-order valence-electron chi connectivity index (χ4n) is 0. The Balaban J connectivity index is 2.30. The molecule has 0 bridgehead atoms. The molecule has 0 saturated carbocycles. The Morgan fingerprint density at radius 2 is 2.25 bits per heavy atom. The highest BCUT2D eigenvalue weighted by Gasteiger charge is 1.43. The molecule has 0 aliphatic carbocycles. The Labute approximate surface area is 25.6 Å². The second-order valence-electron chi connectivity index (χ2n) is 0.204. The van der Waals surface area contributed by atoms with Gasteiger partial charge in [0.15, 0.2) is 0 Å². The SMILES string of the molecule is O=[Si]N[O-]. The molecule has 0 spiro atoms. The Bertz CT molecular complexity index is 20.0. The average molecular weight is 75.1 g/mol. The fraction of sp³-hybridized carbons (Fsp3) is 0. The minimum Gasteiger partial charge on any atom is -0.768 e. The quantitative estimate of drug-likeness (QED) is 0.322. The standard InChI is InChI=1S/HNO2Si/c2-1-4-3/h1H/q-1. The summed E-state index contributed by atoms with van der Waals surface area (Å²) in [5, 5.41) is 9.90. The van der Waals surface area contributed by atoms with Crippen LogP contribution in [-0.2, 0) is 4.46 Å². The predicted molar refractivity (Wildman–Crippen MR) is 12.9 cm³/mol. The molecule has 0 amide bonds. The maximum Gasteiger partial charge on any atom is 0.451 e. The Morgan fingerprint density at radius 1 is 2.00 bits per heavy atom. The van der Waals surface area contributed by atoms with Crippen molar-refractivity contribution in [3.8, 4) is 0 Å². The van der Waals surface area contributed by atoms with Gasteiger partial charge < -0.3 is 14.8 Å². The van der Waals surface area contributed by atoms with Gasteiger partial charge >= 0.3 is 9.57 Å². The van der Waals surface area contributed by atoms with Gasteiger partial charge in [-0.15, -0.1) is 0 Å². The Morgan fingerprint density at radius 3 is 2.25 bits per heavy atom. The molecule has 0 saturated heterocycles. The van der Waals surface area contributed by atoms with Crippen LogP contribution in [0.1, 0.15) is 0 Å². The molecule has 3 nitrogen and oxygen atoms in total. The van der Waals surface area contributed by atoms with Crippen molar-refractivity contribution in [3.63, 3.8) is 0 Å². The van der Waals surface area contributed by atoms with E-state index in [9.17, 15) is 0 Å². The van der Waals surface area contributed by atoms with E-state index >= 15 is 0 Å². The first kappa shape index (κ1) is 3.78. The highest BCUT2D eigenvalue weighted by Crippen LogP contribution is 1.12. The number of nitrogens with one attached hydrogen (secondary N) is 1. The van der Waals surface area contributed by atoms with Crippen molar-refractivity contribution >= 4 is 9.57 Å². The van der Waals surface area contributed by atoms with Crippen molar-refractivity contribution in [1.82, 2.24) is 5.15 Å². The molecule has 0 aromatic rings. The van der Waals surface area contributed by atoms with Crippen LogP contribution < -0.4 is 5.15 Å². The smallest absolute Gasteiger partial charge is 0.451 e. The topological polar surface area (TPSA) is 52.2 Å². The van der Waals surface area contributed by atoms with E-state index in [1.807, 2.05) is 0 Å². The maximum atomic E-state index is 8.90. The van der Waals surface area contributed by atoms with Gasteiger partial charge in [-0.3, -0.25) is 0 Å². The predicted octanol–water partition coefficient (Wildman–Crippen LogP) is -0.962. The molecule has 1 N–H and O–H groups in total. The van der Waals surface area contributed by atoms with Crippen molar-refractivity contribution in [2.24, 2.45) is 0 Å². The summed E-state index contributed by atoms with van der Waals surface area (Å²) in [5.41, 5.74) is 0. The van der Waals surface area contributed by atoms with E-state index in [-0.39, 0.29) is 0 Å². The van der Waals surface area contributed by atoms with E-state index in [2.05, 4.69) is 0 Å². The van der Waals surface area contributed by atoms with Gasteiger partial charge in [-0.2, -0.15) is 0 Å². The zero-order valence-electron chi connectivity index (χ0n) is 1.82. The monoisotopic (exact) mass is 75.0 g/mol. The van der Waals surface area contributed by atoms with Gasteiger partial charge in [0.1, 0.15) is 0 Å². The normalized spacial score (nSPS) is 5.25. The van der Waals surface area contributed by atoms with Gasteiger partial charge in [-0.25, -0.2) is 0 Å². The Hall–Kier alpha value is -0.223. The van der Waals surface area contributed by atoms with Crippen LogP contribution in [0.15, 0.2) is 0 Å². The van der Waals surface area contributed by atoms with Gasteiger partial charge in [0.2, 0.25) is 0 Å². The molecule has 1 radical (unpaired) electrons. The fourth-order valence-corrected chi connectivity index (χ4v) is 0. The molecular weight excluding hydrogens is 74.1 g/mol. The lowest BCUT2D eigenvalue weighted by Gasteiger charge is -1.87. The van der Waals surface area contributed by atoms with Crippen molar-refractivity contribution in [2.75, 3.05) is 0 Å². The molecule has 0 heterocycles. The van der Waals surface area contributed by atoms with Crippen molar-refractivity contribution in [1.29, 1.82) is 0 Å². The van der Waals surface area contributed by atoms with Crippen molar-refractivity contribution in [3.05, 3.63) is 5.21 Å². The first-order valence-electron chi connectivity index (χ1n) is 0.658. The van der Waals surface area contributed by atoms with E-state index in [1.54, 1.807) is 0 Å². The summed E-state index contributed by atoms with van der Waals surface area (Å²) in [6.07, 6.45) is 0. The largest absolute Gasteiger partial charge is 0.768 e. The summed E-state index contributed by atoms with van der Waals surface area (Å²) in [4.78, 5) is 0. The van der Waals surface area contributed by atoms with Gasteiger partial charge in [-0.1, -0.05) is 0 Å². The second kappa shape index (κ2) is 2.78. The van der Waals surface area contributed by atoms with Crippen molar-refractivity contribution < 1.29 is 4.46 Å². The summed E-state index contributed by atoms with van der Waals surface area (Å²) in [6.45, 7) is 0. The molecule has 4 heteroatoms. The third-order valence-electron chi connectivity index (χ3n) is 0.0417. The van der Waals surface area contributed by atoms with Crippen LogP contribution >= 0.6 is 0 Å². The van der Waals surface area contributed by atoms with Crippen LogP contribution in [0.5, 0.6) is 0 Å². The summed E-state index contributed by atoms with van der Waals surface area (Å²) in [7, 11) is -0.915. The van der Waals surface area contributed by atoms with Crippen LogP contribution in [0.4, 0.5) is 0 Å². The van der Waals surface area contributed by atoms with E-state index < -0.39 is 9.57 Å². The highest BCUT2D eigenvalue weighted by molar-refractivity contribution is 6.12. The highest BCUT2D eigenvalue weighted by atomic mass is 28.2. The van der Waals surface area contributed by atoms with Gasteiger partial charge in [0.05, 0.1) is 0 Å². The third kappa shape index (κ3) is 1.78. The molecule has 0 aromatic heterocycles. The van der Waals surface area contributed by atoms with Crippen molar-refractivity contribution in [2.45, 2.75) is 0 Å². The molecule has 0 aliphatic rings. The molecule has 0 rings (SSSR count). The molecule has 0 fully saturated rings. The molecule has 0 aliphatic heterocycles. The third-order valence-corrected chi connectivity index (χ3v) is 0.125. The summed E-state index contributed by atoms with van der Waals surface area (Å²) < 4.78 is 8.90. The van der Waals surface area contributed by atoms with Crippen LogP contribution in [0.25, 0.3) is 0 Å². The van der Waals surface area contributed by atoms with Crippen LogP contribution in [-0.4, -0.2) is 9.57 Å². The van der Waals surface area contributed by atoms with E-state index in [0.717, 1.165) is 5.15 Å². The van der Waals surface area contributed by atoms with E-state index in [0.29, 0.717) is 0 Å². The lowest BCUT2D eigenvalue weighted by molar-refractivity contribution is 0.572. The Kier molecular flexibility index (Phi) is 2.62. The lowest BCUT2D eigenvalue weighted by Crippen LogP contribution is -1.97. The summed E-state index contributed by atoms with van der Waals surface area (Å²) in [5.74, 6) is 0. The van der Waals surface area contributed by atoms with Crippen LogP contribution in [0, 0.1) is 5.21 Å². The van der Waals surface area contributed by atoms with Crippen LogP contribution in [0.3, 0.4) is 0 Å². The first-order chi connectivity index (χ1) is 1.91. The molecule has 23 valence electrons. The summed E-state index contributed by atoms with van der Waals surface area (Å²) in [6, 6.07) is 0. The zero-order chi connectivity index (χ0) is 3.41. The molecule has 0 atom stereocenters. The van der Waals surface area contributed by atoms with Gasteiger partial charge in [-0.05, 0) is 0 Å². The van der Waals surface area contributed by atoms with Gasteiger partial charge in [0, 0.05) is 0 Å². The minimum atomic E-state index is -0.915.